The van der Waals surface area contributed by atoms with Gasteiger partial charge in [-0.25, -0.2) is 0 Å². The van der Waals surface area contributed by atoms with Crippen LogP contribution in [0.25, 0.3) is 5.76 Å². The van der Waals surface area contributed by atoms with E-state index in [9.17, 15) is 14.7 Å². The van der Waals surface area contributed by atoms with Crippen LogP contribution in [0.5, 0.6) is 11.5 Å². The Morgan fingerprint density at radius 3 is 2.50 bits per heavy atom. The number of ether oxygens (including phenoxy) is 2. The van der Waals surface area contributed by atoms with Gasteiger partial charge in [-0.15, -0.1) is 0 Å². The van der Waals surface area contributed by atoms with Crippen LogP contribution in [-0.2, 0) is 9.59 Å². The van der Waals surface area contributed by atoms with Crippen molar-refractivity contribution in [2.24, 2.45) is 0 Å². The minimum Gasteiger partial charge on any atom is -0.507 e. The number of halogens is 1. The second-order valence-electron chi connectivity index (χ2n) is 7.58. The number of carbonyl (C=O) groups is 2. The summed E-state index contributed by atoms with van der Waals surface area (Å²) in [6, 6.07) is 18.2. The van der Waals surface area contributed by atoms with E-state index in [1.165, 1.54) is 4.90 Å². The standard InChI is InChI=1S/C25H18ClNO5/c1-14-7-9-17(12-18(14)26)27-22(16-8-10-19-20(11-16)32-13-31-19)21(24(29)25(27)30)23(28)15-5-3-2-4-6-15/h2-12,22,28H,13H2,1H3. The second-order valence-corrected chi connectivity index (χ2v) is 7.99. The molecule has 5 rings (SSSR count). The van der Waals surface area contributed by atoms with Crippen LogP contribution in [0.15, 0.2) is 72.3 Å². The van der Waals surface area contributed by atoms with Crippen molar-refractivity contribution in [3.8, 4) is 11.5 Å². The Balaban J connectivity index is 1.73. The van der Waals surface area contributed by atoms with Crippen molar-refractivity contribution in [1.82, 2.24) is 0 Å². The molecule has 7 heteroatoms. The summed E-state index contributed by atoms with van der Waals surface area (Å²) in [5, 5.41) is 11.6. The summed E-state index contributed by atoms with van der Waals surface area (Å²) in [6.07, 6.45) is 0. The number of hydrogen-bond donors (Lipinski definition) is 1. The molecule has 3 aromatic carbocycles. The lowest BCUT2D eigenvalue weighted by Gasteiger charge is -2.26. The van der Waals surface area contributed by atoms with Crippen molar-refractivity contribution in [2.75, 3.05) is 11.7 Å². The van der Waals surface area contributed by atoms with Gasteiger partial charge in [-0.2, -0.15) is 0 Å². The average Bonchev–Trinajstić information content (AvgIpc) is 3.38. The first-order valence-electron chi connectivity index (χ1n) is 9.98. The summed E-state index contributed by atoms with van der Waals surface area (Å²) >= 11 is 6.32. The Morgan fingerprint density at radius 2 is 1.75 bits per heavy atom. The smallest absolute Gasteiger partial charge is 0.300 e. The van der Waals surface area contributed by atoms with Crippen LogP contribution in [0.2, 0.25) is 5.02 Å². The summed E-state index contributed by atoms with van der Waals surface area (Å²) in [5.74, 6) is -0.676. The van der Waals surface area contributed by atoms with Gasteiger partial charge in [0.15, 0.2) is 11.5 Å². The molecule has 0 bridgehead atoms. The Bertz CT molecular complexity index is 1280. The predicted octanol–water partition coefficient (Wildman–Crippen LogP) is 5.00. The van der Waals surface area contributed by atoms with Gasteiger partial charge in [0, 0.05) is 16.3 Å². The van der Waals surface area contributed by atoms with E-state index >= 15 is 0 Å². The third-order valence-corrected chi connectivity index (χ3v) is 6.04. The first-order chi connectivity index (χ1) is 15.5. The molecular formula is C25H18ClNO5. The summed E-state index contributed by atoms with van der Waals surface area (Å²) in [7, 11) is 0. The van der Waals surface area contributed by atoms with Gasteiger partial charge in [0.1, 0.15) is 5.76 Å². The molecule has 0 saturated carbocycles. The van der Waals surface area contributed by atoms with Crippen molar-refractivity contribution in [2.45, 2.75) is 13.0 Å². The number of benzene rings is 3. The number of rotatable bonds is 3. The number of carbonyl (C=O) groups excluding carboxylic acids is 2. The van der Waals surface area contributed by atoms with Crippen LogP contribution in [0.3, 0.4) is 0 Å². The molecule has 0 radical (unpaired) electrons. The summed E-state index contributed by atoms with van der Waals surface area (Å²) in [5.41, 5.74) is 2.34. The largest absolute Gasteiger partial charge is 0.507 e. The minimum atomic E-state index is -0.872. The van der Waals surface area contributed by atoms with E-state index in [0.717, 1.165) is 5.56 Å². The van der Waals surface area contributed by atoms with Crippen LogP contribution in [0.4, 0.5) is 5.69 Å². The van der Waals surface area contributed by atoms with Crippen molar-refractivity contribution in [3.05, 3.63) is 94.0 Å². The van der Waals surface area contributed by atoms with Gasteiger partial charge in [-0.05, 0) is 42.3 Å². The van der Waals surface area contributed by atoms with Crippen LogP contribution >= 0.6 is 11.6 Å². The molecule has 0 spiro atoms. The van der Waals surface area contributed by atoms with Crippen molar-refractivity contribution in [3.63, 3.8) is 0 Å². The zero-order chi connectivity index (χ0) is 22.4. The van der Waals surface area contributed by atoms with E-state index in [1.807, 2.05) is 6.92 Å². The maximum atomic E-state index is 13.2. The summed E-state index contributed by atoms with van der Waals surface area (Å²) in [4.78, 5) is 27.7. The van der Waals surface area contributed by atoms with Crippen molar-refractivity contribution in [1.29, 1.82) is 0 Å². The molecule has 1 fully saturated rings. The van der Waals surface area contributed by atoms with E-state index in [4.69, 9.17) is 21.1 Å². The first-order valence-corrected chi connectivity index (χ1v) is 10.4. The maximum absolute atomic E-state index is 13.2. The third kappa shape index (κ3) is 3.20. The average molecular weight is 448 g/mol. The van der Waals surface area contributed by atoms with Gasteiger partial charge < -0.3 is 14.6 Å². The van der Waals surface area contributed by atoms with Gasteiger partial charge in [-0.3, -0.25) is 14.5 Å². The fourth-order valence-corrected chi connectivity index (χ4v) is 4.16. The predicted molar refractivity (Wildman–Crippen MR) is 120 cm³/mol. The molecule has 32 heavy (non-hydrogen) atoms. The lowest BCUT2D eigenvalue weighted by molar-refractivity contribution is -0.132. The fraction of sp³-hybridized carbons (Fsp3) is 0.120. The number of nitrogens with zero attached hydrogens (tertiary/aromatic N) is 1. The lowest BCUT2D eigenvalue weighted by atomic mass is 9.94. The summed E-state index contributed by atoms with van der Waals surface area (Å²) in [6.45, 7) is 1.95. The first kappa shape index (κ1) is 20.2. The molecule has 3 aromatic rings. The Hall–Kier alpha value is -3.77. The zero-order valence-corrected chi connectivity index (χ0v) is 17.8. The molecular weight excluding hydrogens is 430 g/mol. The fourth-order valence-electron chi connectivity index (χ4n) is 3.98. The van der Waals surface area contributed by atoms with Crippen LogP contribution in [0.1, 0.15) is 22.7 Å². The Labute approximate surface area is 189 Å². The van der Waals surface area contributed by atoms with Gasteiger partial charge in [-0.1, -0.05) is 54.1 Å². The van der Waals surface area contributed by atoms with Crippen molar-refractivity contribution >= 4 is 34.7 Å². The number of fused-ring (bicyclic) bond motifs is 1. The van der Waals surface area contributed by atoms with E-state index in [0.29, 0.717) is 33.3 Å². The van der Waals surface area contributed by atoms with Crippen molar-refractivity contribution < 1.29 is 24.2 Å². The SMILES string of the molecule is Cc1ccc(N2C(=O)C(=O)C(=C(O)c3ccccc3)C2c2ccc3c(c2)OCO3)cc1Cl. The number of ketones is 1. The molecule has 2 aliphatic heterocycles. The minimum absolute atomic E-state index is 0.00300. The highest BCUT2D eigenvalue weighted by Crippen LogP contribution is 2.45. The maximum Gasteiger partial charge on any atom is 0.300 e. The molecule has 1 N–H and O–H groups in total. The molecule has 0 aromatic heterocycles. The van der Waals surface area contributed by atoms with Gasteiger partial charge in [0.05, 0.1) is 11.6 Å². The van der Waals surface area contributed by atoms with Gasteiger partial charge in [0.2, 0.25) is 6.79 Å². The second kappa shape index (κ2) is 7.73. The highest BCUT2D eigenvalue weighted by molar-refractivity contribution is 6.51. The number of anilines is 1. The lowest BCUT2D eigenvalue weighted by Crippen LogP contribution is -2.29. The Kier molecular flexibility index (Phi) is 4.87. The molecule has 2 aliphatic rings. The van der Waals surface area contributed by atoms with Crippen LogP contribution < -0.4 is 14.4 Å². The van der Waals surface area contributed by atoms with E-state index in [2.05, 4.69) is 0 Å². The van der Waals surface area contributed by atoms with Gasteiger partial charge >= 0.3 is 0 Å². The van der Waals surface area contributed by atoms with Crippen LogP contribution in [0, 0.1) is 6.92 Å². The topological polar surface area (TPSA) is 76.1 Å². The van der Waals surface area contributed by atoms with E-state index in [-0.39, 0.29) is 18.1 Å². The molecule has 2 heterocycles. The molecule has 1 saturated heterocycles. The highest BCUT2D eigenvalue weighted by atomic mass is 35.5. The highest BCUT2D eigenvalue weighted by Gasteiger charge is 2.47. The molecule has 0 aliphatic carbocycles. The van der Waals surface area contributed by atoms with E-state index in [1.54, 1.807) is 66.7 Å². The van der Waals surface area contributed by atoms with Crippen LogP contribution in [-0.4, -0.2) is 23.6 Å². The number of aliphatic hydroxyl groups excluding tert-OH is 1. The number of Topliss-reactive ketones (excluding diaryl/α,β-unsaturated/α-hetero) is 1. The number of amides is 1. The molecule has 1 unspecified atom stereocenters. The number of aliphatic hydroxyl groups is 1. The number of aryl methyl sites for hydroxylation is 1. The monoisotopic (exact) mass is 447 g/mol. The molecule has 1 atom stereocenters. The summed E-state index contributed by atoms with van der Waals surface area (Å²) < 4.78 is 10.9. The molecule has 6 nitrogen and oxygen atoms in total. The molecule has 1 amide bonds. The van der Waals surface area contributed by atoms with E-state index < -0.39 is 17.7 Å². The Morgan fingerprint density at radius 1 is 1.00 bits per heavy atom. The third-order valence-electron chi connectivity index (χ3n) is 5.64. The normalized spacial score (nSPS) is 18.9. The van der Waals surface area contributed by atoms with Gasteiger partial charge in [0.25, 0.3) is 11.7 Å². The zero-order valence-electron chi connectivity index (χ0n) is 17.0. The quantitative estimate of drug-likeness (QED) is 0.347. The molecule has 160 valence electrons. The number of hydrogen-bond acceptors (Lipinski definition) is 5.